The summed E-state index contributed by atoms with van der Waals surface area (Å²) in [6, 6.07) is 0.826. The smallest absolute Gasteiger partial charge is 0.125 e. The van der Waals surface area contributed by atoms with Gasteiger partial charge in [0.05, 0.1) is 6.04 Å². The van der Waals surface area contributed by atoms with Gasteiger partial charge in [0.1, 0.15) is 5.82 Å². The lowest BCUT2D eigenvalue weighted by Crippen LogP contribution is -2.28. The highest BCUT2D eigenvalue weighted by Crippen LogP contribution is 2.10. The van der Waals surface area contributed by atoms with Crippen molar-refractivity contribution in [3.8, 4) is 0 Å². The van der Waals surface area contributed by atoms with Crippen LogP contribution in [0.15, 0.2) is 12.4 Å². The third-order valence-electron chi connectivity index (χ3n) is 2.06. The molecule has 1 heterocycles. The summed E-state index contributed by atoms with van der Waals surface area (Å²) in [5.41, 5.74) is 0. The molecule has 0 amide bonds. The van der Waals surface area contributed by atoms with Gasteiger partial charge in [0.2, 0.25) is 0 Å². The first-order chi connectivity index (χ1) is 6.15. The van der Waals surface area contributed by atoms with Crippen molar-refractivity contribution in [3.05, 3.63) is 18.2 Å². The molecule has 3 heteroatoms. The highest BCUT2D eigenvalue weighted by molar-refractivity contribution is 4.98. The number of aryl methyl sites for hydroxylation is 1. The molecule has 0 bridgehead atoms. The van der Waals surface area contributed by atoms with E-state index in [-0.39, 0.29) is 0 Å². The molecule has 1 aromatic rings. The van der Waals surface area contributed by atoms with Crippen LogP contribution in [0.5, 0.6) is 0 Å². The third kappa shape index (κ3) is 2.56. The Bertz CT molecular complexity index is 252. The van der Waals surface area contributed by atoms with E-state index < -0.39 is 0 Å². The number of imidazole rings is 1. The summed E-state index contributed by atoms with van der Waals surface area (Å²) in [6.45, 7) is 9.56. The molecule has 0 spiro atoms. The molecule has 0 aliphatic rings. The summed E-state index contributed by atoms with van der Waals surface area (Å²) < 4.78 is 2.17. The quantitative estimate of drug-likeness (QED) is 0.769. The maximum Gasteiger partial charge on any atom is 0.125 e. The van der Waals surface area contributed by atoms with E-state index in [1.807, 2.05) is 12.4 Å². The summed E-state index contributed by atoms with van der Waals surface area (Å²) >= 11 is 0. The summed E-state index contributed by atoms with van der Waals surface area (Å²) in [6.07, 6.45) is 3.88. The van der Waals surface area contributed by atoms with Crippen molar-refractivity contribution in [2.24, 2.45) is 0 Å². The number of rotatable bonds is 4. The van der Waals surface area contributed by atoms with Gasteiger partial charge >= 0.3 is 0 Å². The first-order valence-corrected chi connectivity index (χ1v) is 4.92. The van der Waals surface area contributed by atoms with E-state index >= 15 is 0 Å². The van der Waals surface area contributed by atoms with Crippen LogP contribution in [0.2, 0.25) is 0 Å². The molecule has 13 heavy (non-hydrogen) atoms. The highest BCUT2D eigenvalue weighted by Gasteiger charge is 2.11. The lowest BCUT2D eigenvalue weighted by Gasteiger charge is -2.17. The molecule has 3 nitrogen and oxygen atoms in total. The Balaban J connectivity index is 2.69. The Morgan fingerprint density at radius 3 is 2.69 bits per heavy atom. The molecule has 0 radical (unpaired) electrons. The van der Waals surface area contributed by atoms with Crippen molar-refractivity contribution in [1.82, 2.24) is 14.9 Å². The fraction of sp³-hybridized carbons (Fsp3) is 0.700. The predicted molar refractivity (Wildman–Crippen MR) is 54.6 cm³/mol. The molecule has 0 aliphatic carbocycles. The van der Waals surface area contributed by atoms with E-state index in [2.05, 4.69) is 42.6 Å². The van der Waals surface area contributed by atoms with Gasteiger partial charge in [-0.25, -0.2) is 4.98 Å². The van der Waals surface area contributed by atoms with Gasteiger partial charge in [-0.1, -0.05) is 13.8 Å². The molecule has 1 atom stereocenters. The van der Waals surface area contributed by atoms with Crippen LogP contribution in [0.4, 0.5) is 0 Å². The molecule has 0 saturated carbocycles. The maximum absolute atomic E-state index is 4.34. The standard InChI is InChI=1S/C10H19N3/c1-5-13-7-6-11-10(13)9(4)12-8(2)3/h6-9,12H,5H2,1-4H3. The van der Waals surface area contributed by atoms with Gasteiger partial charge in [-0.15, -0.1) is 0 Å². The van der Waals surface area contributed by atoms with Crippen LogP contribution >= 0.6 is 0 Å². The normalized spacial score (nSPS) is 13.6. The molecule has 1 N–H and O–H groups in total. The second kappa shape index (κ2) is 4.42. The fourth-order valence-electron chi connectivity index (χ4n) is 1.54. The van der Waals surface area contributed by atoms with Gasteiger partial charge in [0.25, 0.3) is 0 Å². The number of hydrogen-bond donors (Lipinski definition) is 1. The van der Waals surface area contributed by atoms with Crippen molar-refractivity contribution >= 4 is 0 Å². The molecule has 0 aliphatic heterocycles. The minimum absolute atomic E-state index is 0.329. The lowest BCUT2D eigenvalue weighted by atomic mass is 10.2. The molecule has 1 aromatic heterocycles. The Labute approximate surface area is 80.2 Å². The zero-order chi connectivity index (χ0) is 9.84. The van der Waals surface area contributed by atoms with E-state index in [1.165, 1.54) is 0 Å². The van der Waals surface area contributed by atoms with Crippen molar-refractivity contribution in [2.75, 3.05) is 0 Å². The molecule has 0 aromatic carbocycles. The minimum Gasteiger partial charge on any atom is -0.334 e. The van der Waals surface area contributed by atoms with Crippen LogP contribution in [-0.4, -0.2) is 15.6 Å². The summed E-state index contributed by atoms with van der Waals surface area (Å²) in [5, 5.41) is 3.44. The van der Waals surface area contributed by atoms with E-state index in [1.54, 1.807) is 0 Å². The van der Waals surface area contributed by atoms with E-state index in [4.69, 9.17) is 0 Å². The van der Waals surface area contributed by atoms with Crippen molar-refractivity contribution in [2.45, 2.75) is 46.3 Å². The molecular formula is C10H19N3. The van der Waals surface area contributed by atoms with Gasteiger partial charge in [-0.3, -0.25) is 0 Å². The topological polar surface area (TPSA) is 29.9 Å². The minimum atomic E-state index is 0.329. The molecule has 0 saturated heterocycles. The molecule has 74 valence electrons. The third-order valence-corrected chi connectivity index (χ3v) is 2.06. The van der Waals surface area contributed by atoms with Crippen LogP contribution in [0, 0.1) is 0 Å². The van der Waals surface area contributed by atoms with Crippen molar-refractivity contribution < 1.29 is 0 Å². The van der Waals surface area contributed by atoms with Crippen LogP contribution in [0.3, 0.4) is 0 Å². The number of nitrogens with zero attached hydrogens (tertiary/aromatic N) is 2. The van der Waals surface area contributed by atoms with Crippen molar-refractivity contribution in [1.29, 1.82) is 0 Å². The first-order valence-electron chi connectivity index (χ1n) is 4.92. The molecule has 0 fully saturated rings. The zero-order valence-electron chi connectivity index (χ0n) is 8.91. The SMILES string of the molecule is CCn1ccnc1C(C)NC(C)C. The number of hydrogen-bond acceptors (Lipinski definition) is 2. The molecule has 1 rings (SSSR count). The van der Waals surface area contributed by atoms with Crippen LogP contribution in [0.1, 0.15) is 39.6 Å². The molecular weight excluding hydrogens is 162 g/mol. The van der Waals surface area contributed by atoms with Gasteiger partial charge in [-0.2, -0.15) is 0 Å². The average molecular weight is 181 g/mol. The lowest BCUT2D eigenvalue weighted by molar-refractivity contribution is 0.470. The molecule has 1 unspecified atom stereocenters. The summed E-state index contributed by atoms with van der Waals surface area (Å²) in [4.78, 5) is 4.34. The van der Waals surface area contributed by atoms with Crippen LogP contribution in [0.25, 0.3) is 0 Å². The summed E-state index contributed by atoms with van der Waals surface area (Å²) in [5.74, 6) is 1.12. The number of nitrogens with one attached hydrogen (secondary N) is 1. The van der Waals surface area contributed by atoms with E-state index in [9.17, 15) is 0 Å². The monoisotopic (exact) mass is 181 g/mol. The Morgan fingerprint density at radius 2 is 2.15 bits per heavy atom. The predicted octanol–water partition coefficient (Wildman–Crippen LogP) is 1.96. The average Bonchev–Trinajstić information content (AvgIpc) is 2.49. The largest absolute Gasteiger partial charge is 0.334 e. The van der Waals surface area contributed by atoms with Crippen LogP contribution in [-0.2, 0) is 6.54 Å². The van der Waals surface area contributed by atoms with Gasteiger partial charge in [-0.05, 0) is 13.8 Å². The number of aromatic nitrogens is 2. The first kappa shape index (κ1) is 10.3. The Morgan fingerprint density at radius 1 is 1.46 bits per heavy atom. The summed E-state index contributed by atoms with van der Waals surface area (Å²) in [7, 11) is 0. The van der Waals surface area contributed by atoms with Gasteiger partial charge in [0.15, 0.2) is 0 Å². The van der Waals surface area contributed by atoms with Crippen LogP contribution < -0.4 is 5.32 Å². The second-order valence-electron chi connectivity index (χ2n) is 3.61. The zero-order valence-corrected chi connectivity index (χ0v) is 8.91. The van der Waals surface area contributed by atoms with Gasteiger partial charge in [0, 0.05) is 25.0 Å². The van der Waals surface area contributed by atoms with Crippen molar-refractivity contribution in [3.63, 3.8) is 0 Å². The van der Waals surface area contributed by atoms with E-state index in [0.29, 0.717) is 12.1 Å². The Kier molecular flexibility index (Phi) is 3.48. The van der Waals surface area contributed by atoms with E-state index in [0.717, 1.165) is 12.4 Å². The Hall–Kier alpha value is -0.830. The second-order valence-corrected chi connectivity index (χ2v) is 3.61. The highest BCUT2D eigenvalue weighted by atomic mass is 15.1. The fourth-order valence-corrected chi connectivity index (χ4v) is 1.54. The maximum atomic E-state index is 4.34. The van der Waals surface area contributed by atoms with Gasteiger partial charge < -0.3 is 9.88 Å².